The van der Waals surface area contributed by atoms with Gasteiger partial charge in [-0.05, 0) is 43.4 Å². The Morgan fingerprint density at radius 2 is 1.95 bits per heavy atom. The molecule has 0 bridgehead atoms. The third-order valence-electron chi connectivity index (χ3n) is 3.56. The molecule has 0 radical (unpaired) electrons. The number of rotatable bonds is 3. The molecule has 0 saturated carbocycles. The van der Waals surface area contributed by atoms with Crippen molar-refractivity contribution >= 4 is 17.5 Å². The number of H-pyrrole nitrogens is 1. The Hall–Kier alpha value is -1.81. The molecular weight excluding hydrogens is 274 g/mol. The summed E-state index contributed by atoms with van der Waals surface area (Å²) in [6.07, 6.45) is 3.93. The SMILES string of the molecule is O=c1[nH]c(NCc2ccc(Cl)cc2)nc2c1CCCC2. The van der Waals surface area contributed by atoms with E-state index in [9.17, 15) is 4.79 Å². The van der Waals surface area contributed by atoms with E-state index in [4.69, 9.17) is 11.6 Å². The number of benzene rings is 1. The van der Waals surface area contributed by atoms with Gasteiger partial charge in [0.2, 0.25) is 5.95 Å². The average Bonchev–Trinajstić information content (AvgIpc) is 2.47. The number of anilines is 1. The molecule has 1 aromatic carbocycles. The first-order chi connectivity index (χ1) is 9.72. The molecule has 20 heavy (non-hydrogen) atoms. The Labute approximate surface area is 122 Å². The van der Waals surface area contributed by atoms with Crippen molar-refractivity contribution in [1.82, 2.24) is 9.97 Å². The maximum Gasteiger partial charge on any atom is 0.255 e. The minimum atomic E-state index is -0.00620. The van der Waals surface area contributed by atoms with Crippen LogP contribution < -0.4 is 10.9 Å². The first kappa shape index (κ1) is 13.2. The van der Waals surface area contributed by atoms with E-state index in [2.05, 4.69) is 15.3 Å². The van der Waals surface area contributed by atoms with Crippen LogP contribution in [-0.4, -0.2) is 9.97 Å². The van der Waals surface area contributed by atoms with Gasteiger partial charge in [-0.25, -0.2) is 4.98 Å². The van der Waals surface area contributed by atoms with Gasteiger partial charge in [-0.1, -0.05) is 23.7 Å². The number of aromatic nitrogens is 2. The van der Waals surface area contributed by atoms with E-state index in [-0.39, 0.29) is 5.56 Å². The number of nitrogens with zero attached hydrogens (tertiary/aromatic N) is 1. The normalized spacial score (nSPS) is 13.8. The highest BCUT2D eigenvalue weighted by Gasteiger charge is 2.15. The van der Waals surface area contributed by atoms with Gasteiger partial charge < -0.3 is 5.32 Å². The van der Waals surface area contributed by atoms with Crippen LogP contribution in [-0.2, 0) is 19.4 Å². The van der Waals surface area contributed by atoms with Crippen LogP contribution in [0.2, 0.25) is 5.02 Å². The molecule has 0 aliphatic heterocycles. The van der Waals surface area contributed by atoms with Gasteiger partial charge in [-0.3, -0.25) is 9.78 Å². The summed E-state index contributed by atoms with van der Waals surface area (Å²) in [5.74, 6) is 0.547. The van der Waals surface area contributed by atoms with Crippen molar-refractivity contribution < 1.29 is 0 Å². The minimum absolute atomic E-state index is 0.00620. The number of nitrogens with one attached hydrogen (secondary N) is 2. The maximum atomic E-state index is 12.0. The lowest BCUT2D eigenvalue weighted by atomic mass is 9.97. The van der Waals surface area contributed by atoms with Crippen molar-refractivity contribution in [3.63, 3.8) is 0 Å². The molecule has 0 saturated heterocycles. The van der Waals surface area contributed by atoms with E-state index in [1.165, 1.54) is 0 Å². The second kappa shape index (κ2) is 5.67. The van der Waals surface area contributed by atoms with Gasteiger partial charge in [0.25, 0.3) is 5.56 Å². The zero-order valence-corrected chi connectivity index (χ0v) is 11.8. The number of aromatic amines is 1. The maximum absolute atomic E-state index is 12.0. The second-order valence-corrected chi connectivity index (χ2v) is 5.46. The van der Waals surface area contributed by atoms with Crippen LogP contribution >= 0.6 is 11.6 Å². The summed E-state index contributed by atoms with van der Waals surface area (Å²) in [5, 5.41) is 3.88. The molecule has 0 atom stereocenters. The Balaban J connectivity index is 1.76. The van der Waals surface area contributed by atoms with Crippen LogP contribution in [0.5, 0.6) is 0 Å². The van der Waals surface area contributed by atoms with Gasteiger partial charge in [-0.15, -0.1) is 0 Å². The van der Waals surface area contributed by atoms with Crippen LogP contribution in [0.1, 0.15) is 29.7 Å². The van der Waals surface area contributed by atoms with Gasteiger partial charge in [-0.2, -0.15) is 0 Å². The number of halogens is 1. The Morgan fingerprint density at radius 3 is 2.75 bits per heavy atom. The summed E-state index contributed by atoms with van der Waals surface area (Å²) >= 11 is 5.85. The number of aryl methyl sites for hydroxylation is 1. The molecule has 0 spiro atoms. The van der Waals surface area contributed by atoms with Crippen molar-refractivity contribution in [1.29, 1.82) is 0 Å². The first-order valence-electron chi connectivity index (χ1n) is 6.83. The van der Waals surface area contributed by atoms with Crippen LogP contribution in [0, 0.1) is 0 Å². The van der Waals surface area contributed by atoms with E-state index >= 15 is 0 Å². The summed E-state index contributed by atoms with van der Waals surface area (Å²) < 4.78 is 0. The van der Waals surface area contributed by atoms with Crippen LogP contribution in [0.25, 0.3) is 0 Å². The van der Waals surface area contributed by atoms with Crippen LogP contribution in [0.15, 0.2) is 29.1 Å². The molecule has 1 aliphatic rings. The first-order valence-corrected chi connectivity index (χ1v) is 7.20. The molecule has 3 rings (SSSR count). The Kier molecular flexibility index (Phi) is 3.74. The minimum Gasteiger partial charge on any atom is -0.352 e. The third-order valence-corrected chi connectivity index (χ3v) is 3.82. The highest BCUT2D eigenvalue weighted by molar-refractivity contribution is 6.30. The lowest BCUT2D eigenvalue weighted by Crippen LogP contribution is -2.22. The summed E-state index contributed by atoms with van der Waals surface area (Å²) in [6.45, 7) is 0.610. The van der Waals surface area contributed by atoms with E-state index in [0.29, 0.717) is 17.5 Å². The topological polar surface area (TPSA) is 57.8 Å². The average molecular weight is 290 g/mol. The zero-order valence-electron chi connectivity index (χ0n) is 11.1. The van der Waals surface area contributed by atoms with Crippen molar-refractivity contribution in [2.75, 3.05) is 5.32 Å². The van der Waals surface area contributed by atoms with Gasteiger partial charge in [0, 0.05) is 17.1 Å². The summed E-state index contributed by atoms with van der Waals surface area (Å²) in [7, 11) is 0. The summed E-state index contributed by atoms with van der Waals surface area (Å²) in [6, 6.07) is 7.60. The molecule has 2 N–H and O–H groups in total. The Morgan fingerprint density at radius 1 is 1.20 bits per heavy atom. The van der Waals surface area contributed by atoms with E-state index in [1.54, 1.807) is 0 Å². The molecule has 1 aromatic heterocycles. The monoisotopic (exact) mass is 289 g/mol. The molecular formula is C15H16ClN3O. The number of hydrogen-bond donors (Lipinski definition) is 2. The van der Waals surface area contributed by atoms with Crippen LogP contribution in [0.3, 0.4) is 0 Å². The van der Waals surface area contributed by atoms with Crippen molar-refractivity contribution in [3.8, 4) is 0 Å². The lowest BCUT2D eigenvalue weighted by Gasteiger charge is -2.15. The number of fused-ring (bicyclic) bond motifs is 1. The predicted octanol–water partition coefficient (Wildman–Crippen LogP) is 2.91. The fraction of sp³-hybridized carbons (Fsp3) is 0.333. The summed E-state index contributed by atoms with van der Waals surface area (Å²) in [5.41, 5.74) is 2.88. The fourth-order valence-electron chi connectivity index (χ4n) is 2.48. The van der Waals surface area contributed by atoms with Gasteiger partial charge in [0.1, 0.15) is 0 Å². The molecule has 2 aromatic rings. The molecule has 0 unspecified atom stereocenters. The quantitative estimate of drug-likeness (QED) is 0.913. The smallest absolute Gasteiger partial charge is 0.255 e. The Bertz CT molecular complexity index is 664. The van der Waals surface area contributed by atoms with Gasteiger partial charge >= 0.3 is 0 Å². The molecule has 5 heteroatoms. The lowest BCUT2D eigenvalue weighted by molar-refractivity contribution is 0.657. The second-order valence-electron chi connectivity index (χ2n) is 5.03. The molecule has 0 fully saturated rings. The molecule has 4 nitrogen and oxygen atoms in total. The molecule has 1 aliphatic carbocycles. The molecule has 0 amide bonds. The number of hydrogen-bond acceptors (Lipinski definition) is 3. The molecule has 104 valence electrons. The largest absolute Gasteiger partial charge is 0.352 e. The third kappa shape index (κ3) is 2.85. The van der Waals surface area contributed by atoms with Crippen molar-refractivity contribution in [2.45, 2.75) is 32.2 Å². The standard InChI is InChI=1S/C15H16ClN3O/c16-11-7-5-10(6-8-11)9-17-15-18-13-4-2-1-3-12(13)14(20)19-15/h5-8H,1-4,9H2,(H2,17,18,19,20). The zero-order chi connectivity index (χ0) is 13.9. The van der Waals surface area contributed by atoms with Crippen molar-refractivity contribution in [2.24, 2.45) is 0 Å². The highest BCUT2D eigenvalue weighted by atomic mass is 35.5. The fourth-order valence-corrected chi connectivity index (χ4v) is 2.60. The van der Waals surface area contributed by atoms with E-state index < -0.39 is 0 Å². The van der Waals surface area contributed by atoms with E-state index in [1.807, 2.05) is 24.3 Å². The predicted molar refractivity (Wildman–Crippen MR) is 80.3 cm³/mol. The van der Waals surface area contributed by atoms with E-state index in [0.717, 1.165) is 42.5 Å². The molecule has 1 heterocycles. The van der Waals surface area contributed by atoms with Crippen LogP contribution in [0.4, 0.5) is 5.95 Å². The van der Waals surface area contributed by atoms with Gasteiger partial charge in [0.15, 0.2) is 0 Å². The summed E-state index contributed by atoms with van der Waals surface area (Å²) in [4.78, 5) is 19.3. The van der Waals surface area contributed by atoms with Gasteiger partial charge in [0.05, 0.1) is 5.69 Å². The van der Waals surface area contributed by atoms with Crippen molar-refractivity contribution in [3.05, 3.63) is 56.5 Å². The highest BCUT2D eigenvalue weighted by Crippen LogP contribution is 2.17.